The van der Waals surface area contributed by atoms with Crippen LogP contribution in [0.4, 0.5) is 18.9 Å². The quantitative estimate of drug-likeness (QED) is 0.250. The van der Waals surface area contributed by atoms with Gasteiger partial charge in [-0.3, -0.25) is 14.6 Å². The molecule has 45 heavy (non-hydrogen) atoms. The number of hydrogen-bond acceptors (Lipinski definition) is 7. The number of pyridine rings is 1. The number of benzene rings is 2. The van der Waals surface area contributed by atoms with E-state index in [1.807, 2.05) is 37.3 Å². The first-order valence-corrected chi connectivity index (χ1v) is 14.6. The van der Waals surface area contributed by atoms with Crippen LogP contribution in [0.1, 0.15) is 62.3 Å². The standard InChI is InChI=1S/C33H34F3N5O4/c1-21-20-45-31(38-21)28-12-7-13-41(28)32(44)24-11-6-10-23(15-24)30(43)39-27(14-22-8-4-3-5-9-22)29(42)19-40(2)26-16-25(17-37-18-26)33(34,35)36/h3-6,8-11,15-18,20,27-29,42H,7,12-14,19H2,1-2H3,(H,39,43)/t27-,28+,29+/m0/s1. The van der Waals surface area contributed by atoms with E-state index in [9.17, 15) is 27.9 Å². The van der Waals surface area contributed by atoms with Crippen LogP contribution in [-0.2, 0) is 12.6 Å². The number of oxazole rings is 1. The van der Waals surface area contributed by atoms with Crippen LogP contribution in [0.15, 0.2) is 83.7 Å². The summed E-state index contributed by atoms with van der Waals surface area (Å²) in [6.45, 7) is 2.26. The van der Waals surface area contributed by atoms with Crippen molar-refractivity contribution in [2.24, 2.45) is 0 Å². The van der Waals surface area contributed by atoms with Crippen molar-refractivity contribution in [3.8, 4) is 0 Å². The summed E-state index contributed by atoms with van der Waals surface area (Å²) in [6, 6.07) is 15.4. The second-order valence-corrected chi connectivity index (χ2v) is 11.2. The predicted octanol–water partition coefficient (Wildman–Crippen LogP) is 5.21. The van der Waals surface area contributed by atoms with E-state index < -0.39 is 29.8 Å². The molecule has 2 aromatic carbocycles. The van der Waals surface area contributed by atoms with Crippen LogP contribution in [-0.4, -0.2) is 64.1 Å². The molecule has 3 atom stereocenters. The number of anilines is 1. The minimum Gasteiger partial charge on any atom is -0.446 e. The van der Waals surface area contributed by atoms with Gasteiger partial charge in [-0.15, -0.1) is 0 Å². The molecule has 0 aliphatic carbocycles. The third kappa shape index (κ3) is 7.69. The van der Waals surface area contributed by atoms with Crippen LogP contribution in [0.3, 0.4) is 0 Å². The van der Waals surface area contributed by atoms with E-state index in [0.717, 1.165) is 36.4 Å². The lowest BCUT2D eigenvalue weighted by Gasteiger charge is -2.29. The maximum Gasteiger partial charge on any atom is 0.417 e. The highest BCUT2D eigenvalue weighted by Crippen LogP contribution is 2.33. The fourth-order valence-electron chi connectivity index (χ4n) is 5.46. The number of nitrogens with one attached hydrogen (secondary N) is 1. The van der Waals surface area contributed by atoms with Crippen LogP contribution in [0, 0.1) is 6.92 Å². The SMILES string of the molecule is Cc1coc([C@H]2CCCN2C(=O)c2cccc(C(=O)N[C@@H](Cc3ccccc3)[C@H](O)CN(C)c3cncc(C(F)(F)F)c3)c2)n1. The number of alkyl halides is 3. The number of rotatable bonds is 10. The number of aromatic nitrogens is 2. The summed E-state index contributed by atoms with van der Waals surface area (Å²) in [6.07, 6.45) is -0.396. The van der Waals surface area contributed by atoms with Crippen LogP contribution in [0.25, 0.3) is 0 Å². The number of halogens is 3. The van der Waals surface area contributed by atoms with Gasteiger partial charge in [-0.2, -0.15) is 13.2 Å². The van der Waals surface area contributed by atoms with Crippen molar-refractivity contribution in [1.82, 2.24) is 20.2 Å². The minimum absolute atomic E-state index is 0.0874. The molecule has 4 aromatic rings. The van der Waals surface area contributed by atoms with Gasteiger partial charge in [-0.1, -0.05) is 36.4 Å². The summed E-state index contributed by atoms with van der Waals surface area (Å²) in [4.78, 5) is 38.3. The molecule has 12 heteroatoms. The summed E-state index contributed by atoms with van der Waals surface area (Å²) < 4.78 is 45.3. The topological polar surface area (TPSA) is 112 Å². The van der Waals surface area contributed by atoms with E-state index in [4.69, 9.17) is 4.42 Å². The Morgan fingerprint density at radius 2 is 1.87 bits per heavy atom. The van der Waals surface area contributed by atoms with Crippen molar-refractivity contribution in [2.45, 2.75) is 50.6 Å². The molecule has 0 bridgehead atoms. The van der Waals surface area contributed by atoms with Gasteiger partial charge in [-0.05, 0) is 56.0 Å². The lowest BCUT2D eigenvalue weighted by molar-refractivity contribution is -0.137. The van der Waals surface area contributed by atoms with Gasteiger partial charge < -0.3 is 24.6 Å². The Labute approximate surface area is 258 Å². The molecule has 0 radical (unpaired) electrons. The fraction of sp³-hybridized carbons (Fsp3) is 0.333. The molecule has 2 amide bonds. The van der Waals surface area contributed by atoms with Crippen molar-refractivity contribution >= 4 is 17.5 Å². The molecule has 1 aliphatic heterocycles. The number of aliphatic hydroxyl groups excluding tert-OH is 1. The summed E-state index contributed by atoms with van der Waals surface area (Å²) in [7, 11) is 1.54. The third-order valence-electron chi connectivity index (χ3n) is 7.84. The van der Waals surface area contributed by atoms with Crippen LogP contribution in [0.2, 0.25) is 0 Å². The average molecular weight is 622 g/mol. The Kier molecular flexibility index (Phi) is 9.52. The van der Waals surface area contributed by atoms with Gasteiger partial charge in [0.25, 0.3) is 11.8 Å². The average Bonchev–Trinajstić information content (AvgIpc) is 3.69. The smallest absolute Gasteiger partial charge is 0.417 e. The van der Waals surface area contributed by atoms with E-state index in [0.29, 0.717) is 18.0 Å². The van der Waals surface area contributed by atoms with Crippen LogP contribution >= 0.6 is 0 Å². The molecule has 3 heterocycles. The zero-order chi connectivity index (χ0) is 32.1. The van der Waals surface area contributed by atoms with Gasteiger partial charge in [0, 0.05) is 37.5 Å². The second-order valence-electron chi connectivity index (χ2n) is 11.2. The Morgan fingerprint density at radius 1 is 1.11 bits per heavy atom. The number of nitrogens with zero attached hydrogens (tertiary/aromatic N) is 4. The molecule has 5 rings (SSSR count). The van der Waals surface area contributed by atoms with Crippen molar-refractivity contribution in [1.29, 1.82) is 0 Å². The molecule has 236 valence electrons. The van der Waals surface area contributed by atoms with E-state index in [-0.39, 0.29) is 36.2 Å². The van der Waals surface area contributed by atoms with E-state index in [1.54, 1.807) is 36.4 Å². The number of amides is 2. The van der Waals surface area contributed by atoms with Crippen molar-refractivity contribution in [3.05, 3.63) is 113 Å². The first kappa shape index (κ1) is 31.7. The number of carbonyl (C=O) groups is 2. The molecule has 2 aromatic heterocycles. The van der Waals surface area contributed by atoms with Gasteiger partial charge >= 0.3 is 6.18 Å². The Hall–Kier alpha value is -4.71. The summed E-state index contributed by atoms with van der Waals surface area (Å²) >= 11 is 0. The third-order valence-corrected chi connectivity index (χ3v) is 7.84. The van der Waals surface area contributed by atoms with Gasteiger partial charge in [0.2, 0.25) is 5.89 Å². The Bertz CT molecular complexity index is 1630. The normalized spacial score (nSPS) is 16.3. The summed E-state index contributed by atoms with van der Waals surface area (Å²) in [5, 5.41) is 14.2. The highest BCUT2D eigenvalue weighted by Gasteiger charge is 2.34. The van der Waals surface area contributed by atoms with Crippen molar-refractivity contribution in [2.75, 3.05) is 25.0 Å². The monoisotopic (exact) mass is 621 g/mol. The Balaban J connectivity index is 1.32. The largest absolute Gasteiger partial charge is 0.446 e. The molecule has 2 N–H and O–H groups in total. The zero-order valence-corrected chi connectivity index (χ0v) is 24.9. The number of carbonyl (C=O) groups excluding carboxylic acids is 2. The number of aryl methyl sites for hydroxylation is 1. The molecule has 1 aliphatic rings. The molecular formula is C33H34F3N5O4. The van der Waals surface area contributed by atoms with Gasteiger partial charge in [0.1, 0.15) is 12.3 Å². The Morgan fingerprint density at radius 3 is 2.58 bits per heavy atom. The summed E-state index contributed by atoms with van der Waals surface area (Å²) in [5.41, 5.74) is 1.39. The lowest BCUT2D eigenvalue weighted by Crippen LogP contribution is -2.49. The number of likely N-dealkylation sites (tertiary alicyclic amines) is 1. The summed E-state index contributed by atoms with van der Waals surface area (Å²) in [5.74, 6) is -0.273. The van der Waals surface area contributed by atoms with Crippen LogP contribution < -0.4 is 10.2 Å². The zero-order valence-electron chi connectivity index (χ0n) is 24.9. The van der Waals surface area contributed by atoms with Gasteiger partial charge in [0.05, 0.1) is 35.3 Å². The molecule has 0 unspecified atom stereocenters. The highest BCUT2D eigenvalue weighted by molar-refractivity contribution is 6.00. The molecule has 1 fully saturated rings. The molecule has 9 nitrogen and oxygen atoms in total. The van der Waals surface area contributed by atoms with E-state index in [1.165, 1.54) is 17.2 Å². The minimum atomic E-state index is -4.56. The second kappa shape index (κ2) is 13.5. The molecular weight excluding hydrogens is 587 g/mol. The van der Waals surface area contributed by atoms with E-state index >= 15 is 0 Å². The lowest BCUT2D eigenvalue weighted by atomic mass is 9.99. The molecule has 0 saturated carbocycles. The first-order valence-electron chi connectivity index (χ1n) is 14.6. The van der Waals surface area contributed by atoms with Gasteiger partial charge in [-0.25, -0.2) is 4.98 Å². The molecule has 1 saturated heterocycles. The first-order chi connectivity index (χ1) is 21.5. The number of likely N-dealkylation sites (N-methyl/N-ethyl adjacent to an activating group) is 1. The number of aliphatic hydroxyl groups is 1. The maximum atomic E-state index is 13.5. The van der Waals surface area contributed by atoms with Crippen molar-refractivity contribution in [3.63, 3.8) is 0 Å². The fourth-order valence-corrected chi connectivity index (χ4v) is 5.46. The van der Waals surface area contributed by atoms with E-state index in [2.05, 4.69) is 15.3 Å². The van der Waals surface area contributed by atoms with Gasteiger partial charge in [0.15, 0.2) is 0 Å². The van der Waals surface area contributed by atoms with Crippen LogP contribution in [0.5, 0.6) is 0 Å². The number of hydrogen-bond donors (Lipinski definition) is 2. The molecule has 0 spiro atoms. The highest BCUT2D eigenvalue weighted by atomic mass is 19.4. The van der Waals surface area contributed by atoms with Crippen molar-refractivity contribution < 1.29 is 32.3 Å². The predicted molar refractivity (Wildman–Crippen MR) is 161 cm³/mol. The maximum absolute atomic E-state index is 13.5.